The lowest BCUT2D eigenvalue weighted by Crippen LogP contribution is -2.26. The van der Waals surface area contributed by atoms with Gasteiger partial charge >= 0.3 is 0 Å². The number of amides is 1. The molecule has 2 aromatic carbocycles. The highest BCUT2D eigenvalue weighted by molar-refractivity contribution is 5.94. The normalized spacial score (nSPS) is 15.1. The minimum absolute atomic E-state index is 0.0144. The molecule has 0 bridgehead atoms. The van der Waals surface area contributed by atoms with Gasteiger partial charge in [-0.1, -0.05) is 30.3 Å². The van der Waals surface area contributed by atoms with Crippen molar-refractivity contribution in [2.45, 2.75) is 25.8 Å². The molecule has 3 heteroatoms. The smallest absolute Gasteiger partial charge is 0.251 e. The van der Waals surface area contributed by atoms with Gasteiger partial charge < -0.3 is 10.1 Å². The van der Waals surface area contributed by atoms with Crippen molar-refractivity contribution in [1.82, 2.24) is 5.32 Å². The Kier molecular flexibility index (Phi) is 4.42. The van der Waals surface area contributed by atoms with E-state index in [1.165, 1.54) is 12.8 Å². The number of hydrogen-bond donors (Lipinski definition) is 1. The molecule has 1 N–H and O–H groups in total. The zero-order valence-electron chi connectivity index (χ0n) is 12.8. The molecule has 22 heavy (non-hydrogen) atoms. The summed E-state index contributed by atoms with van der Waals surface area (Å²) < 4.78 is 5.68. The summed E-state index contributed by atoms with van der Waals surface area (Å²) in [6.45, 7) is 2.77. The molecule has 0 radical (unpaired) electrons. The highest BCUT2D eigenvalue weighted by atomic mass is 16.5. The number of ether oxygens (including phenoxy) is 1. The van der Waals surface area contributed by atoms with E-state index in [0.717, 1.165) is 23.8 Å². The number of carbonyl (C=O) groups is 1. The standard InChI is InChI=1S/C19H21NO2/c1-14(16-5-3-2-4-6-16)20-19(21)17-9-11-18(12-10-17)22-13-15-7-8-15/h2-6,9-12,14-15H,7-8,13H2,1H3,(H,20,21)/t14-/m1/s1. The molecule has 0 saturated heterocycles. The molecule has 0 unspecified atom stereocenters. The highest BCUT2D eigenvalue weighted by Gasteiger charge is 2.21. The Hall–Kier alpha value is -2.29. The number of carbonyl (C=O) groups excluding carboxylic acids is 1. The molecule has 0 spiro atoms. The van der Waals surface area contributed by atoms with Crippen molar-refractivity contribution in [2.75, 3.05) is 6.61 Å². The van der Waals surface area contributed by atoms with Gasteiger partial charge in [0.2, 0.25) is 0 Å². The van der Waals surface area contributed by atoms with Crippen LogP contribution < -0.4 is 10.1 Å². The molecule has 1 saturated carbocycles. The first-order valence-electron chi connectivity index (χ1n) is 7.81. The predicted molar refractivity (Wildman–Crippen MR) is 87.0 cm³/mol. The fourth-order valence-corrected chi connectivity index (χ4v) is 2.31. The fourth-order valence-electron chi connectivity index (χ4n) is 2.31. The topological polar surface area (TPSA) is 38.3 Å². The first-order valence-corrected chi connectivity index (χ1v) is 7.81. The van der Waals surface area contributed by atoms with Crippen LogP contribution in [0.2, 0.25) is 0 Å². The van der Waals surface area contributed by atoms with Crippen molar-refractivity contribution < 1.29 is 9.53 Å². The molecule has 114 valence electrons. The van der Waals surface area contributed by atoms with E-state index in [2.05, 4.69) is 5.32 Å². The van der Waals surface area contributed by atoms with Crippen LogP contribution in [-0.4, -0.2) is 12.5 Å². The van der Waals surface area contributed by atoms with E-state index < -0.39 is 0 Å². The molecular formula is C19H21NO2. The summed E-state index contributed by atoms with van der Waals surface area (Å²) in [4.78, 5) is 12.3. The van der Waals surface area contributed by atoms with Gasteiger partial charge in [-0.25, -0.2) is 0 Å². The first-order chi connectivity index (χ1) is 10.7. The second kappa shape index (κ2) is 6.65. The summed E-state index contributed by atoms with van der Waals surface area (Å²) in [5, 5.41) is 3.01. The summed E-state index contributed by atoms with van der Waals surface area (Å²) in [5.74, 6) is 1.50. The van der Waals surface area contributed by atoms with E-state index in [-0.39, 0.29) is 11.9 Å². The van der Waals surface area contributed by atoms with Crippen LogP contribution in [0.1, 0.15) is 41.7 Å². The van der Waals surface area contributed by atoms with E-state index in [0.29, 0.717) is 5.56 Å². The van der Waals surface area contributed by atoms with Crippen molar-refractivity contribution in [3.8, 4) is 5.75 Å². The second-order valence-corrected chi connectivity index (χ2v) is 5.88. The zero-order valence-corrected chi connectivity index (χ0v) is 12.8. The molecule has 1 aliphatic carbocycles. The van der Waals surface area contributed by atoms with Crippen molar-refractivity contribution in [3.63, 3.8) is 0 Å². The molecule has 3 rings (SSSR count). The maximum Gasteiger partial charge on any atom is 0.251 e. The Morgan fingerprint density at radius 3 is 2.45 bits per heavy atom. The Bertz CT molecular complexity index is 618. The molecule has 1 atom stereocenters. The van der Waals surface area contributed by atoms with Crippen molar-refractivity contribution in [1.29, 1.82) is 0 Å². The molecular weight excluding hydrogens is 274 g/mol. The summed E-state index contributed by atoms with van der Waals surface area (Å²) in [6.07, 6.45) is 2.55. The molecule has 3 nitrogen and oxygen atoms in total. The minimum atomic E-state index is -0.0647. The number of rotatable bonds is 6. The van der Waals surface area contributed by atoms with Gasteiger partial charge in [-0.15, -0.1) is 0 Å². The van der Waals surface area contributed by atoms with Crippen LogP contribution in [0.3, 0.4) is 0 Å². The quantitative estimate of drug-likeness (QED) is 0.875. The van der Waals surface area contributed by atoms with Crippen molar-refractivity contribution >= 4 is 5.91 Å². The summed E-state index contributed by atoms with van der Waals surface area (Å²) in [6, 6.07) is 17.3. The average molecular weight is 295 g/mol. The maximum absolute atomic E-state index is 12.3. The summed E-state index contributed by atoms with van der Waals surface area (Å²) >= 11 is 0. The molecule has 1 aliphatic rings. The molecule has 0 aromatic heterocycles. The van der Waals surface area contributed by atoms with E-state index in [1.54, 1.807) is 0 Å². The van der Waals surface area contributed by atoms with E-state index in [9.17, 15) is 4.79 Å². The monoisotopic (exact) mass is 295 g/mol. The number of nitrogens with one attached hydrogen (secondary N) is 1. The zero-order chi connectivity index (χ0) is 15.4. The van der Waals surface area contributed by atoms with Gasteiger partial charge in [0.1, 0.15) is 5.75 Å². The van der Waals surface area contributed by atoms with Crippen LogP contribution in [0.5, 0.6) is 5.75 Å². The molecule has 0 aliphatic heterocycles. The molecule has 1 fully saturated rings. The van der Waals surface area contributed by atoms with Crippen LogP contribution in [0.4, 0.5) is 0 Å². The maximum atomic E-state index is 12.3. The number of hydrogen-bond acceptors (Lipinski definition) is 2. The van der Waals surface area contributed by atoms with Crippen molar-refractivity contribution in [2.24, 2.45) is 5.92 Å². The van der Waals surface area contributed by atoms with Crippen molar-refractivity contribution in [3.05, 3.63) is 65.7 Å². The summed E-state index contributed by atoms with van der Waals surface area (Å²) in [7, 11) is 0. The second-order valence-electron chi connectivity index (χ2n) is 5.88. The van der Waals surface area contributed by atoms with Crippen LogP contribution in [-0.2, 0) is 0 Å². The Labute approximate surface area is 131 Å². The summed E-state index contributed by atoms with van der Waals surface area (Å²) in [5.41, 5.74) is 1.75. The molecule has 0 heterocycles. The highest BCUT2D eigenvalue weighted by Crippen LogP contribution is 2.29. The Balaban J connectivity index is 1.57. The number of benzene rings is 2. The third kappa shape index (κ3) is 3.88. The predicted octanol–water partition coefficient (Wildman–Crippen LogP) is 3.97. The van der Waals surface area contributed by atoms with Crippen LogP contribution >= 0.6 is 0 Å². The third-order valence-electron chi connectivity index (χ3n) is 3.95. The Morgan fingerprint density at radius 1 is 1.14 bits per heavy atom. The van der Waals surface area contributed by atoms with Gasteiger partial charge in [0, 0.05) is 5.56 Å². The molecule has 2 aromatic rings. The van der Waals surface area contributed by atoms with Gasteiger partial charge in [0.05, 0.1) is 12.6 Å². The first kappa shape index (κ1) is 14.6. The van der Waals surface area contributed by atoms with Crippen LogP contribution in [0.25, 0.3) is 0 Å². The average Bonchev–Trinajstić information content (AvgIpc) is 3.38. The fraction of sp³-hybridized carbons (Fsp3) is 0.316. The lowest BCUT2D eigenvalue weighted by Gasteiger charge is -2.14. The van der Waals surface area contributed by atoms with E-state index in [4.69, 9.17) is 4.74 Å². The minimum Gasteiger partial charge on any atom is -0.493 e. The van der Waals surface area contributed by atoms with Gasteiger partial charge in [-0.05, 0) is 55.5 Å². The third-order valence-corrected chi connectivity index (χ3v) is 3.95. The van der Waals surface area contributed by atoms with Crippen LogP contribution in [0, 0.1) is 5.92 Å². The SMILES string of the molecule is C[C@@H](NC(=O)c1ccc(OCC2CC2)cc1)c1ccccc1. The van der Waals surface area contributed by atoms with Gasteiger partial charge in [0.25, 0.3) is 5.91 Å². The lowest BCUT2D eigenvalue weighted by molar-refractivity contribution is 0.0940. The largest absolute Gasteiger partial charge is 0.493 e. The van der Waals surface area contributed by atoms with E-state index in [1.807, 2.05) is 61.5 Å². The molecule has 1 amide bonds. The van der Waals surface area contributed by atoms with Gasteiger partial charge in [-0.2, -0.15) is 0 Å². The van der Waals surface area contributed by atoms with Gasteiger partial charge in [-0.3, -0.25) is 4.79 Å². The van der Waals surface area contributed by atoms with Crippen LogP contribution in [0.15, 0.2) is 54.6 Å². The lowest BCUT2D eigenvalue weighted by atomic mass is 10.1. The Morgan fingerprint density at radius 2 is 1.82 bits per heavy atom. The van der Waals surface area contributed by atoms with Gasteiger partial charge in [0.15, 0.2) is 0 Å². The van der Waals surface area contributed by atoms with E-state index >= 15 is 0 Å².